The van der Waals surface area contributed by atoms with Crippen molar-refractivity contribution in [3.05, 3.63) is 65.4 Å². The van der Waals surface area contributed by atoms with E-state index in [0.717, 1.165) is 11.4 Å². The summed E-state index contributed by atoms with van der Waals surface area (Å²) in [5.41, 5.74) is 4.67. The van der Waals surface area contributed by atoms with Crippen molar-refractivity contribution in [2.45, 2.75) is 33.2 Å². The van der Waals surface area contributed by atoms with Crippen LogP contribution in [0.25, 0.3) is 11.6 Å². The summed E-state index contributed by atoms with van der Waals surface area (Å²) in [5, 5.41) is 19.5. The SMILES string of the molecule is Cc1cc(-c2nnc(CCC(=O)Nc3cnn(Cc4ccccc4C)c3)o2)n(C)n1. The van der Waals surface area contributed by atoms with Gasteiger partial charge in [-0.25, -0.2) is 0 Å². The molecular weight excluding hydrogens is 382 g/mol. The molecule has 0 saturated carbocycles. The van der Waals surface area contributed by atoms with Crippen LogP contribution in [-0.4, -0.2) is 35.7 Å². The Bertz CT molecular complexity index is 1170. The van der Waals surface area contributed by atoms with Gasteiger partial charge < -0.3 is 9.73 Å². The standard InChI is InChI=1S/C21H23N7O2/c1-14-6-4-5-7-16(14)12-28-13-17(11-22-28)23-19(29)8-9-20-24-25-21(30-20)18-10-15(2)26-27(18)3/h4-7,10-11,13H,8-9,12H2,1-3H3,(H,23,29). The van der Waals surface area contributed by atoms with Gasteiger partial charge in [0, 0.05) is 26.1 Å². The van der Waals surface area contributed by atoms with Gasteiger partial charge >= 0.3 is 0 Å². The molecule has 1 aromatic carbocycles. The van der Waals surface area contributed by atoms with Gasteiger partial charge in [0.15, 0.2) is 0 Å². The van der Waals surface area contributed by atoms with Gasteiger partial charge in [0.05, 0.1) is 24.1 Å². The number of carbonyl (C=O) groups excluding carboxylic acids is 1. The monoisotopic (exact) mass is 405 g/mol. The maximum Gasteiger partial charge on any atom is 0.265 e. The lowest BCUT2D eigenvalue weighted by Crippen LogP contribution is -2.12. The first kappa shape index (κ1) is 19.6. The van der Waals surface area contributed by atoms with Gasteiger partial charge in [-0.1, -0.05) is 24.3 Å². The van der Waals surface area contributed by atoms with Crippen LogP contribution in [0.5, 0.6) is 0 Å². The summed E-state index contributed by atoms with van der Waals surface area (Å²) in [7, 11) is 1.82. The number of nitrogens with zero attached hydrogens (tertiary/aromatic N) is 6. The number of hydrogen-bond donors (Lipinski definition) is 1. The zero-order valence-electron chi connectivity index (χ0n) is 17.2. The smallest absolute Gasteiger partial charge is 0.265 e. The third-order valence-electron chi connectivity index (χ3n) is 4.76. The average molecular weight is 405 g/mol. The molecular formula is C21H23N7O2. The second-order valence-electron chi connectivity index (χ2n) is 7.20. The van der Waals surface area contributed by atoms with Crippen molar-refractivity contribution < 1.29 is 9.21 Å². The molecule has 0 spiro atoms. The lowest BCUT2D eigenvalue weighted by atomic mass is 10.1. The highest BCUT2D eigenvalue weighted by molar-refractivity contribution is 5.90. The summed E-state index contributed by atoms with van der Waals surface area (Å²) >= 11 is 0. The summed E-state index contributed by atoms with van der Waals surface area (Å²) in [6.45, 7) is 4.62. The second kappa shape index (κ2) is 8.32. The molecule has 0 fully saturated rings. The predicted molar refractivity (Wildman–Crippen MR) is 111 cm³/mol. The molecule has 0 radical (unpaired) electrons. The fraction of sp³-hybridized carbons (Fsp3) is 0.286. The van der Waals surface area contributed by atoms with Gasteiger partial charge in [0.2, 0.25) is 11.8 Å². The van der Waals surface area contributed by atoms with Crippen molar-refractivity contribution in [1.29, 1.82) is 0 Å². The van der Waals surface area contributed by atoms with Crippen molar-refractivity contribution >= 4 is 11.6 Å². The molecule has 0 unspecified atom stereocenters. The van der Waals surface area contributed by atoms with Crippen LogP contribution >= 0.6 is 0 Å². The number of nitrogens with one attached hydrogen (secondary N) is 1. The van der Waals surface area contributed by atoms with Crippen LogP contribution in [0.15, 0.2) is 47.1 Å². The van der Waals surface area contributed by atoms with E-state index in [9.17, 15) is 4.79 Å². The number of hydrogen-bond acceptors (Lipinski definition) is 6. The molecule has 0 saturated heterocycles. The molecule has 1 N–H and O–H groups in total. The first-order valence-electron chi connectivity index (χ1n) is 9.68. The van der Waals surface area contributed by atoms with E-state index in [-0.39, 0.29) is 12.3 Å². The van der Waals surface area contributed by atoms with Crippen LogP contribution in [0.3, 0.4) is 0 Å². The second-order valence-corrected chi connectivity index (χ2v) is 7.20. The minimum absolute atomic E-state index is 0.137. The lowest BCUT2D eigenvalue weighted by Gasteiger charge is -2.05. The molecule has 9 heteroatoms. The summed E-state index contributed by atoms with van der Waals surface area (Å²) in [4.78, 5) is 12.3. The van der Waals surface area contributed by atoms with Crippen molar-refractivity contribution in [2.75, 3.05) is 5.32 Å². The highest BCUT2D eigenvalue weighted by Gasteiger charge is 2.14. The van der Waals surface area contributed by atoms with Crippen LogP contribution in [0.4, 0.5) is 5.69 Å². The maximum atomic E-state index is 12.3. The molecule has 1 amide bonds. The van der Waals surface area contributed by atoms with E-state index >= 15 is 0 Å². The molecule has 4 aromatic rings. The number of carbonyl (C=O) groups is 1. The highest BCUT2D eigenvalue weighted by Crippen LogP contribution is 2.19. The Labute approximate surface area is 173 Å². The predicted octanol–water partition coefficient (Wildman–Crippen LogP) is 2.90. The normalized spacial score (nSPS) is 11.0. The number of benzene rings is 1. The van der Waals surface area contributed by atoms with Crippen molar-refractivity contribution in [2.24, 2.45) is 7.05 Å². The van der Waals surface area contributed by atoms with E-state index in [1.807, 2.05) is 38.4 Å². The third kappa shape index (κ3) is 4.45. The number of aromatic nitrogens is 6. The summed E-state index contributed by atoms with van der Waals surface area (Å²) in [5.74, 6) is 0.668. The Hall–Kier alpha value is -3.75. The zero-order chi connectivity index (χ0) is 21.1. The van der Waals surface area contributed by atoms with Gasteiger partial charge in [-0.05, 0) is 31.0 Å². The first-order chi connectivity index (χ1) is 14.5. The Morgan fingerprint density at radius 1 is 1.20 bits per heavy atom. The Morgan fingerprint density at radius 3 is 2.80 bits per heavy atom. The van der Waals surface area contributed by atoms with E-state index < -0.39 is 0 Å². The van der Waals surface area contributed by atoms with Crippen LogP contribution in [0.2, 0.25) is 0 Å². The molecule has 30 heavy (non-hydrogen) atoms. The fourth-order valence-electron chi connectivity index (χ4n) is 3.19. The van der Waals surface area contributed by atoms with Crippen LogP contribution in [0.1, 0.15) is 29.1 Å². The molecule has 3 aromatic heterocycles. The summed E-state index contributed by atoms with van der Waals surface area (Å²) < 4.78 is 9.16. The number of rotatable bonds is 7. The van der Waals surface area contributed by atoms with Crippen molar-refractivity contribution in [1.82, 2.24) is 29.8 Å². The quantitative estimate of drug-likeness (QED) is 0.507. The Balaban J connectivity index is 1.31. The highest BCUT2D eigenvalue weighted by atomic mass is 16.4. The topological polar surface area (TPSA) is 104 Å². The van der Waals surface area contributed by atoms with E-state index in [2.05, 4.69) is 44.8 Å². The number of anilines is 1. The van der Waals surface area contributed by atoms with Gasteiger partial charge in [-0.2, -0.15) is 10.2 Å². The maximum absolute atomic E-state index is 12.3. The third-order valence-corrected chi connectivity index (χ3v) is 4.76. The number of amides is 1. The molecule has 0 atom stereocenters. The Morgan fingerprint density at radius 2 is 2.03 bits per heavy atom. The molecule has 0 bridgehead atoms. The first-order valence-corrected chi connectivity index (χ1v) is 9.68. The van der Waals surface area contributed by atoms with Crippen LogP contribution in [0, 0.1) is 13.8 Å². The number of aryl methyl sites for hydroxylation is 4. The van der Waals surface area contributed by atoms with E-state index in [0.29, 0.717) is 30.4 Å². The van der Waals surface area contributed by atoms with Gasteiger partial charge in [0.1, 0.15) is 5.69 Å². The summed E-state index contributed by atoms with van der Waals surface area (Å²) in [6.07, 6.45) is 4.05. The average Bonchev–Trinajstić information content (AvgIpc) is 3.42. The molecule has 0 aliphatic rings. The fourth-order valence-corrected chi connectivity index (χ4v) is 3.19. The zero-order valence-corrected chi connectivity index (χ0v) is 17.2. The van der Waals surface area contributed by atoms with Gasteiger partial charge in [-0.15, -0.1) is 10.2 Å². The van der Waals surface area contributed by atoms with E-state index in [1.54, 1.807) is 15.6 Å². The van der Waals surface area contributed by atoms with Gasteiger partial charge in [0.25, 0.3) is 5.89 Å². The minimum atomic E-state index is -0.137. The Kier molecular flexibility index (Phi) is 5.42. The molecule has 9 nitrogen and oxygen atoms in total. The minimum Gasteiger partial charge on any atom is -0.419 e. The van der Waals surface area contributed by atoms with Crippen molar-refractivity contribution in [3.8, 4) is 11.6 Å². The van der Waals surface area contributed by atoms with Crippen LogP contribution in [-0.2, 0) is 24.8 Å². The molecule has 4 rings (SSSR count). The van der Waals surface area contributed by atoms with Gasteiger partial charge in [-0.3, -0.25) is 14.2 Å². The summed E-state index contributed by atoms with van der Waals surface area (Å²) in [6, 6.07) is 10.0. The van der Waals surface area contributed by atoms with Crippen LogP contribution < -0.4 is 5.32 Å². The van der Waals surface area contributed by atoms with Crippen molar-refractivity contribution in [3.63, 3.8) is 0 Å². The molecule has 154 valence electrons. The lowest BCUT2D eigenvalue weighted by molar-refractivity contribution is -0.116. The van der Waals surface area contributed by atoms with E-state index in [4.69, 9.17) is 4.42 Å². The molecule has 0 aliphatic carbocycles. The molecule has 3 heterocycles. The largest absolute Gasteiger partial charge is 0.419 e. The molecule has 0 aliphatic heterocycles. The van der Waals surface area contributed by atoms with E-state index in [1.165, 1.54) is 11.1 Å².